The summed E-state index contributed by atoms with van der Waals surface area (Å²) >= 11 is 7.76. The van der Waals surface area contributed by atoms with Crippen molar-refractivity contribution >= 4 is 34.0 Å². The SMILES string of the molecule is Cn1ncc2ccc(-c3sc(-c4cncnc4)nc3Cl)nc21. The van der Waals surface area contributed by atoms with Crippen molar-refractivity contribution in [3.8, 4) is 21.1 Å². The molecule has 22 heavy (non-hydrogen) atoms. The molecule has 0 aliphatic heterocycles. The van der Waals surface area contributed by atoms with Crippen molar-refractivity contribution in [3.05, 3.63) is 42.2 Å². The molecule has 0 unspecified atom stereocenters. The number of aryl methyl sites for hydroxylation is 1. The Kier molecular flexibility index (Phi) is 3.09. The molecule has 0 radical (unpaired) electrons. The van der Waals surface area contributed by atoms with Crippen LogP contribution in [-0.4, -0.2) is 29.7 Å². The Morgan fingerprint density at radius 3 is 2.73 bits per heavy atom. The molecule has 0 amide bonds. The Morgan fingerprint density at radius 2 is 1.91 bits per heavy atom. The second kappa shape index (κ2) is 5.11. The largest absolute Gasteiger partial charge is 0.250 e. The highest BCUT2D eigenvalue weighted by molar-refractivity contribution is 7.19. The third-order valence-corrected chi connectivity index (χ3v) is 4.72. The minimum atomic E-state index is 0.429. The van der Waals surface area contributed by atoms with Crippen molar-refractivity contribution in [3.63, 3.8) is 0 Å². The first-order valence-corrected chi connectivity index (χ1v) is 7.62. The number of halogens is 1. The van der Waals surface area contributed by atoms with Gasteiger partial charge in [-0.25, -0.2) is 19.9 Å². The number of rotatable bonds is 2. The molecule has 4 heterocycles. The first kappa shape index (κ1) is 13.3. The van der Waals surface area contributed by atoms with Crippen LogP contribution in [0.2, 0.25) is 5.15 Å². The molecular weight excluding hydrogens is 320 g/mol. The van der Waals surface area contributed by atoms with E-state index in [9.17, 15) is 0 Å². The van der Waals surface area contributed by atoms with Gasteiger partial charge in [-0.1, -0.05) is 11.6 Å². The minimum Gasteiger partial charge on any atom is -0.250 e. The van der Waals surface area contributed by atoms with Crippen LogP contribution >= 0.6 is 22.9 Å². The maximum atomic E-state index is 6.29. The molecule has 8 heteroatoms. The Morgan fingerprint density at radius 1 is 1.09 bits per heavy atom. The van der Waals surface area contributed by atoms with Crippen LogP contribution in [0, 0.1) is 0 Å². The van der Waals surface area contributed by atoms with Crippen molar-refractivity contribution in [1.82, 2.24) is 29.7 Å². The fourth-order valence-corrected chi connectivity index (χ4v) is 3.39. The summed E-state index contributed by atoms with van der Waals surface area (Å²) in [4.78, 5) is 17.8. The number of hydrogen-bond acceptors (Lipinski definition) is 6. The average molecular weight is 329 g/mol. The Labute approximate surface area is 134 Å². The van der Waals surface area contributed by atoms with Crippen molar-refractivity contribution < 1.29 is 0 Å². The van der Waals surface area contributed by atoms with Gasteiger partial charge in [0.1, 0.15) is 16.5 Å². The monoisotopic (exact) mass is 328 g/mol. The van der Waals surface area contributed by atoms with E-state index < -0.39 is 0 Å². The molecule has 0 saturated heterocycles. The first-order chi connectivity index (χ1) is 10.7. The normalized spacial score (nSPS) is 11.2. The third kappa shape index (κ3) is 2.15. The van der Waals surface area contributed by atoms with Gasteiger partial charge in [0.15, 0.2) is 5.65 Å². The van der Waals surface area contributed by atoms with E-state index >= 15 is 0 Å². The molecule has 4 aromatic heterocycles. The summed E-state index contributed by atoms with van der Waals surface area (Å²) in [7, 11) is 1.86. The Hall–Kier alpha value is -2.38. The molecule has 0 aliphatic rings. The number of hydrogen-bond donors (Lipinski definition) is 0. The lowest BCUT2D eigenvalue weighted by Crippen LogP contribution is -1.92. The molecule has 6 nitrogen and oxygen atoms in total. The van der Waals surface area contributed by atoms with Crippen LogP contribution < -0.4 is 0 Å². The molecule has 0 atom stereocenters. The van der Waals surface area contributed by atoms with Gasteiger partial charge in [-0.05, 0) is 12.1 Å². The van der Waals surface area contributed by atoms with Crippen LogP contribution in [0.25, 0.3) is 32.2 Å². The van der Waals surface area contributed by atoms with E-state index in [2.05, 4.69) is 25.0 Å². The quantitative estimate of drug-likeness (QED) is 0.565. The summed E-state index contributed by atoms with van der Waals surface area (Å²) in [5.74, 6) is 0. The molecule has 0 saturated carbocycles. The summed E-state index contributed by atoms with van der Waals surface area (Å²) in [5.41, 5.74) is 2.43. The molecule has 4 aromatic rings. The lowest BCUT2D eigenvalue weighted by atomic mass is 10.3. The summed E-state index contributed by atoms with van der Waals surface area (Å²) in [6, 6.07) is 3.90. The maximum absolute atomic E-state index is 6.29. The van der Waals surface area contributed by atoms with E-state index in [0.29, 0.717) is 5.15 Å². The van der Waals surface area contributed by atoms with Crippen LogP contribution in [0.1, 0.15) is 0 Å². The fraction of sp³-hybridized carbons (Fsp3) is 0.0714. The number of aromatic nitrogens is 6. The zero-order valence-corrected chi connectivity index (χ0v) is 13.0. The highest BCUT2D eigenvalue weighted by Gasteiger charge is 2.15. The molecule has 0 N–H and O–H groups in total. The minimum absolute atomic E-state index is 0.429. The summed E-state index contributed by atoms with van der Waals surface area (Å²) in [6.07, 6.45) is 6.69. The average Bonchev–Trinajstić information content (AvgIpc) is 3.12. The molecule has 0 aromatic carbocycles. The van der Waals surface area contributed by atoms with E-state index in [1.54, 1.807) is 23.3 Å². The van der Waals surface area contributed by atoms with Crippen LogP contribution in [0.4, 0.5) is 0 Å². The van der Waals surface area contributed by atoms with Crippen molar-refractivity contribution in [1.29, 1.82) is 0 Å². The molecule has 0 fully saturated rings. The zero-order chi connectivity index (χ0) is 15.1. The van der Waals surface area contributed by atoms with Gasteiger partial charge in [-0.2, -0.15) is 5.10 Å². The van der Waals surface area contributed by atoms with Crippen molar-refractivity contribution in [2.75, 3.05) is 0 Å². The topological polar surface area (TPSA) is 69.4 Å². The van der Waals surface area contributed by atoms with E-state index in [0.717, 1.165) is 32.2 Å². The fourth-order valence-electron chi connectivity index (χ4n) is 2.14. The van der Waals surface area contributed by atoms with Crippen LogP contribution in [-0.2, 0) is 7.05 Å². The zero-order valence-electron chi connectivity index (χ0n) is 11.4. The second-order valence-corrected chi connectivity index (χ2v) is 6.00. The third-order valence-electron chi connectivity index (χ3n) is 3.21. The number of pyridine rings is 1. The van der Waals surface area contributed by atoms with E-state index in [1.165, 1.54) is 17.7 Å². The van der Waals surface area contributed by atoms with Gasteiger partial charge in [0.25, 0.3) is 0 Å². The molecule has 4 rings (SSSR count). The van der Waals surface area contributed by atoms with Crippen LogP contribution in [0.15, 0.2) is 37.1 Å². The van der Waals surface area contributed by atoms with E-state index in [4.69, 9.17) is 11.6 Å². The molecule has 108 valence electrons. The highest BCUT2D eigenvalue weighted by atomic mass is 35.5. The first-order valence-electron chi connectivity index (χ1n) is 6.43. The van der Waals surface area contributed by atoms with Crippen LogP contribution in [0.3, 0.4) is 0 Å². The van der Waals surface area contributed by atoms with Crippen molar-refractivity contribution in [2.24, 2.45) is 7.05 Å². The molecular formula is C14H9ClN6S. The summed E-state index contributed by atoms with van der Waals surface area (Å²) < 4.78 is 1.74. The summed E-state index contributed by atoms with van der Waals surface area (Å²) in [6.45, 7) is 0. The van der Waals surface area contributed by atoms with Gasteiger partial charge in [-0.3, -0.25) is 4.68 Å². The van der Waals surface area contributed by atoms with E-state index in [1.807, 2.05) is 19.2 Å². The highest BCUT2D eigenvalue weighted by Crippen LogP contribution is 2.37. The lowest BCUT2D eigenvalue weighted by molar-refractivity contribution is 0.787. The van der Waals surface area contributed by atoms with Gasteiger partial charge in [0.2, 0.25) is 0 Å². The number of fused-ring (bicyclic) bond motifs is 1. The van der Waals surface area contributed by atoms with Crippen LogP contribution in [0.5, 0.6) is 0 Å². The Balaban J connectivity index is 1.84. The standard InChI is InChI=1S/C14H9ClN6S/c1-21-13-8(6-18-21)2-3-10(19-13)11-12(15)20-14(22-11)9-4-16-7-17-5-9/h2-7H,1H3. The molecule has 0 spiro atoms. The predicted molar refractivity (Wildman–Crippen MR) is 85.7 cm³/mol. The predicted octanol–water partition coefficient (Wildman–Crippen LogP) is 3.20. The Bertz CT molecular complexity index is 962. The van der Waals surface area contributed by atoms with Gasteiger partial charge >= 0.3 is 0 Å². The smallest absolute Gasteiger partial charge is 0.158 e. The van der Waals surface area contributed by atoms with E-state index in [-0.39, 0.29) is 0 Å². The van der Waals surface area contributed by atoms with Gasteiger partial charge < -0.3 is 0 Å². The van der Waals surface area contributed by atoms with Crippen molar-refractivity contribution in [2.45, 2.75) is 0 Å². The second-order valence-electron chi connectivity index (χ2n) is 4.64. The van der Waals surface area contributed by atoms with Gasteiger partial charge in [0.05, 0.1) is 16.8 Å². The van der Waals surface area contributed by atoms with Gasteiger partial charge in [-0.15, -0.1) is 11.3 Å². The molecule has 0 aliphatic carbocycles. The lowest BCUT2D eigenvalue weighted by Gasteiger charge is -1.98. The number of thiazole rings is 1. The molecule has 0 bridgehead atoms. The van der Waals surface area contributed by atoms with Gasteiger partial charge in [0, 0.05) is 30.4 Å². The maximum Gasteiger partial charge on any atom is 0.158 e. The summed E-state index contributed by atoms with van der Waals surface area (Å²) in [5, 5.41) is 6.39. The number of nitrogens with zero attached hydrogens (tertiary/aromatic N) is 6.